The summed E-state index contributed by atoms with van der Waals surface area (Å²) in [5.74, 6) is 0. The molecule has 0 spiro atoms. The lowest BCUT2D eigenvalue weighted by molar-refractivity contribution is -0.874. The van der Waals surface area contributed by atoms with E-state index in [0.29, 0.717) is 0 Å². The standard InChI is InChI=1S/C9H11N/c1-10-6-8-4-2-3-5-9(8)7-10/h2-5,10H,1,6-7H2. The fourth-order valence-electron chi connectivity index (χ4n) is 1.50. The highest BCUT2D eigenvalue weighted by Gasteiger charge is 2.13. The average Bonchev–Trinajstić information content (AvgIpc) is 2.27. The summed E-state index contributed by atoms with van der Waals surface area (Å²) in [6.45, 7) is 2.19. The Hall–Kier alpha value is -0.820. The van der Waals surface area contributed by atoms with Crippen molar-refractivity contribution in [2.75, 3.05) is 0 Å². The van der Waals surface area contributed by atoms with E-state index in [1.807, 2.05) is 0 Å². The second-order valence-corrected chi connectivity index (χ2v) is 2.87. The van der Waals surface area contributed by atoms with Gasteiger partial charge in [-0.3, -0.25) is 0 Å². The molecule has 0 saturated carbocycles. The fourth-order valence-corrected chi connectivity index (χ4v) is 1.50. The van der Waals surface area contributed by atoms with E-state index in [1.165, 1.54) is 16.0 Å². The SMILES string of the molecule is [CH2-][NH+]1Cc2ccccc2C1. The van der Waals surface area contributed by atoms with Gasteiger partial charge in [-0.1, -0.05) is 24.3 Å². The van der Waals surface area contributed by atoms with Crippen LogP contribution < -0.4 is 4.90 Å². The number of nitrogens with one attached hydrogen (secondary N) is 1. The lowest BCUT2D eigenvalue weighted by Gasteiger charge is -2.09. The number of hydrogen-bond acceptors (Lipinski definition) is 0. The van der Waals surface area contributed by atoms with Gasteiger partial charge in [-0.05, 0) is 0 Å². The van der Waals surface area contributed by atoms with Crippen molar-refractivity contribution in [3.63, 3.8) is 0 Å². The molecule has 0 unspecified atom stereocenters. The summed E-state index contributed by atoms with van der Waals surface area (Å²) in [6.07, 6.45) is 0. The van der Waals surface area contributed by atoms with Gasteiger partial charge in [-0.15, -0.1) is 0 Å². The minimum atomic E-state index is 1.09. The molecule has 0 atom stereocenters. The third kappa shape index (κ3) is 0.830. The average molecular weight is 133 g/mol. The molecule has 0 radical (unpaired) electrons. The minimum absolute atomic E-state index is 1.09. The second-order valence-electron chi connectivity index (χ2n) is 2.87. The molecule has 0 aliphatic carbocycles. The fraction of sp³-hybridized carbons (Fsp3) is 0.222. The van der Waals surface area contributed by atoms with Gasteiger partial charge in [-0.25, -0.2) is 0 Å². The van der Waals surface area contributed by atoms with Gasteiger partial charge in [0.15, 0.2) is 0 Å². The first kappa shape index (κ1) is 5.93. The largest absolute Gasteiger partial charge is 0.460 e. The molecule has 1 aromatic carbocycles. The first-order chi connectivity index (χ1) is 4.86. The summed E-state index contributed by atoms with van der Waals surface area (Å²) >= 11 is 0. The second kappa shape index (κ2) is 2.10. The van der Waals surface area contributed by atoms with Crippen LogP contribution in [0.3, 0.4) is 0 Å². The molecule has 1 heterocycles. The first-order valence-corrected chi connectivity index (χ1v) is 3.60. The Kier molecular flexibility index (Phi) is 1.24. The molecule has 0 fully saturated rings. The first-order valence-electron chi connectivity index (χ1n) is 3.60. The molecule has 10 heavy (non-hydrogen) atoms. The summed E-state index contributed by atoms with van der Waals surface area (Å²) in [4.78, 5) is 1.35. The zero-order chi connectivity index (χ0) is 6.97. The molecule has 1 heteroatoms. The van der Waals surface area contributed by atoms with Crippen LogP contribution in [0.1, 0.15) is 11.1 Å². The molecule has 1 nitrogen and oxygen atoms in total. The lowest BCUT2D eigenvalue weighted by atomic mass is 10.1. The van der Waals surface area contributed by atoms with Gasteiger partial charge in [0.1, 0.15) is 0 Å². The van der Waals surface area contributed by atoms with Gasteiger partial charge in [-0.2, -0.15) is 7.05 Å². The predicted octanol–water partition coefficient (Wildman–Crippen LogP) is 0.377. The van der Waals surface area contributed by atoms with Gasteiger partial charge in [0.05, 0.1) is 13.1 Å². The van der Waals surface area contributed by atoms with Crippen LogP contribution >= 0.6 is 0 Å². The predicted molar refractivity (Wildman–Crippen MR) is 40.2 cm³/mol. The molecule has 0 saturated heterocycles. The molecule has 0 bridgehead atoms. The Morgan fingerprint density at radius 2 is 1.60 bits per heavy atom. The Balaban J connectivity index is 2.42. The van der Waals surface area contributed by atoms with Crippen molar-refractivity contribution < 1.29 is 4.90 Å². The van der Waals surface area contributed by atoms with E-state index in [1.54, 1.807) is 0 Å². The van der Waals surface area contributed by atoms with Crippen LogP contribution in [-0.2, 0) is 13.1 Å². The molecular weight excluding hydrogens is 122 g/mol. The number of quaternary nitrogens is 1. The Labute approximate surface area is 61.3 Å². The van der Waals surface area contributed by atoms with Crippen LogP contribution in [-0.4, -0.2) is 0 Å². The summed E-state index contributed by atoms with van der Waals surface area (Å²) in [5, 5.41) is 0. The van der Waals surface area contributed by atoms with Gasteiger partial charge >= 0.3 is 0 Å². The lowest BCUT2D eigenvalue weighted by Crippen LogP contribution is -3.01. The monoisotopic (exact) mass is 133 g/mol. The zero-order valence-corrected chi connectivity index (χ0v) is 5.93. The normalized spacial score (nSPS) is 17.3. The third-order valence-corrected chi connectivity index (χ3v) is 2.00. The van der Waals surface area contributed by atoms with Crippen molar-refractivity contribution in [3.05, 3.63) is 42.4 Å². The number of hydrogen-bond donors (Lipinski definition) is 1. The van der Waals surface area contributed by atoms with Crippen molar-refractivity contribution in [3.8, 4) is 0 Å². The topological polar surface area (TPSA) is 4.44 Å². The van der Waals surface area contributed by atoms with E-state index in [0.717, 1.165) is 13.1 Å². The Morgan fingerprint density at radius 3 is 2.10 bits per heavy atom. The molecule has 1 N–H and O–H groups in total. The van der Waals surface area contributed by atoms with Crippen LogP contribution in [0.5, 0.6) is 0 Å². The smallest absolute Gasteiger partial charge is 0.0795 e. The highest BCUT2D eigenvalue weighted by molar-refractivity contribution is 5.27. The van der Waals surface area contributed by atoms with Crippen molar-refractivity contribution in [1.29, 1.82) is 0 Å². The van der Waals surface area contributed by atoms with E-state index >= 15 is 0 Å². The summed E-state index contributed by atoms with van der Waals surface area (Å²) in [5.41, 5.74) is 2.93. The third-order valence-electron chi connectivity index (χ3n) is 2.00. The number of benzene rings is 1. The minimum Gasteiger partial charge on any atom is -0.460 e. The van der Waals surface area contributed by atoms with Gasteiger partial charge < -0.3 is 4.90 Å². The summed E-state index contributed by atoms with van der Waals surface area (Å²) in [6, 6.07) is 8.57. The number of fused-ring (bicyclic) bond motifs is 1. The molecule has 1 aliphatic rings. The molecule has 1 aliphatic heterocycles. The van der Waals surface area contributed by atoms with Crippen LogP contribution in [0.2, 0.25) is 0 Å². The van der Waals surface area contributed by atoms with E-state index < -0.39 is 0 Å². The number of rotatable bonds is 0. The maximum atomic E-state index is 3.97. The van der Waals surface area contributed by atoms with E-state index in [-0.39, 0.29) is 0 Å². The van der Waals surface area contributed by atoms with Crippen molar-refractivity contribution in [2.45, 2.75) is 13.1 Å². The molecule has 2 rings (SSSR count). The quantitative estimate of drug-likeness (QED) is 0.488. The van der Waals surface area contributed by atoms with Crippen molar-refractivity contribution in [1.82, 2.24) is 0 Å². The highest BCUT2D eigenvalue weighted by atomic mass is 15.1. The van der Waals surface area contributed by atoms with Crippen LogP contribution in [0.25, 0.3) is 0 Å². The van der Waals surface area contributed by atoms with Crippen LogP contribution in [0.15, 0.2) is 24.3 Å². The summed E-state index contributed by atoms with van der Waals surface area (Å²) in [7, 11) is 3.97. The van der Waals surface area contributed by atoms with Crippen LogP contribution in [0.4, 0.5) is 0 Å². The Morgan fingerprint density at radius 1 is 1.10 bits per heavy atom. The maximum Gasteiger partial charge on any atom is 0.0795 e. The van der Waals surface area contributed by atoms with E-state index in [4.69, 9.17) is 0 Å². The molecule has 0 amide bonds. The van der Waals surface area contributed by atoms with Gasteiger partial charge in [0, 0.05) is 11.1 Å². The Bertz CT molecular complexity index is 217. The molecular formula is C9H11N. The van der Waals surface area contributed by atoms with Crippen LogP contribution in [0, 0.1) is 7.05 Å². The van der Waals surface area contributed by atoms with Gasteiger partial charge in [0.2, 0.25) is 0 Å². The van der Waals surface area contributed by atoms with E-state index in [2.05, 4.69) is 31.3 Å². The van der Waals surface area contributed by atoms with Crippen molar-refractivity contribution in [2.24, 2.45) is 0 Å². The molecule has 0 aromatic heterocycles. The van der Waals surface area contributed by atoms with E-state index in [9.17, 15) is 0 Å². The molecule has 52 valence electrons. The van der Waals surface area contributed by atoms with Crippen molar-refractivity contribution >= 4 is 0 Å². The highest BCUT2D eigenvalue weighted by Crippen LogP contribution is 2.09. The van der Waals surface area contributed by atoms with Gasteiger partial charge in [0.25, 0.3) is 0 Å². The summed E-state index contributed by atoms with van der Waals surface area (Å²) < 4.78 is 0. The maximum absolute atomic E-state index is 3.97. The zero-order valence-electron chi connectivity index (χ0n) is 5.93. The molecule has 1 aromatic rings.